The van der Waals surface area contributed by atoms with Gasteiger partial charge in [-0.25, -0.2) is 0 Å². The fourth-order valence-electron chi connectivity index (χ4n) is 3.04. The van der Waals surface area contributed by atoms with Crippen molar-refractivity contribution in [1.29, 1.82) is 0 Å². The highest BCUT2D eigenvalue weighted by atomic mass is 35.5. The molecule has 3 heterocycles. The average Bonchev–Trinajstić information content (AvgIpc) is 2.95. The minimum Gasteiger partial charge on any atom is -0.347 e. The molecule has 2 saturated heterocycles. The Labute approximate surface area is 129 Å². The molecule has 1 aromatic rings. The number of pyridine rings is 1. The summed E-state index contributed by atoms with van der Waals surface area (Å²) in [4.78, 5) is 18.5. The molecule has 1 aromatic heterocycles. The van der Waals surface area contributed by atoms with Gasteiger partial charge in [0.2, 0.25) is 0 Å². The number of amides is 1. The molecule has 114 valence electrons. The minimum absolute atomic E-state index is 0.0798. The predicted octanol–water partition coefficient (Wildman–Crippen LogP) is 2.35. The van der Waals surface area contributed by atoms with E-state index in [4.69, 9.17) is 21.1 Å². The van der Waals surface area contributed by atoms with E-state index >= 15 is 0 Å². The van der Waals surface area contributed by atoms with Crippen LogP contribution in [-0.4, -0.2) is 47.9 Å². The third kappa shape index (κ3) is 3.05. The van der Waals surface area contributed by atoms with Crippen LogP contribution in [0.4, 0.5) is 0 Å². The Morgan fingerprint density at radius 1 is 1.48 bits per heavy atom. The van der Waals surface area contributed by atoms with Crippen molar-refractivity contribution < 1.29 is 14.3 Å². The fraction of sp³-hybridized carbons (Fsp3) is 0.600. The highest BCUT2D eigenvalue weighted by Gasteiger charge is 2.42. The minimum atomic E-state index is -0.569. The monoisotopic (exact) mass is 310 g/mol. The van der Waals surface area contributed by atoms with Crippen LogP contribution in [0, 0.1) is 5.92 Å². The molecule has 0 aliphatic carbocycles. The Morgan fingerprint density at radius 3 is 2.95 bits per heavy atom. The highest BCUT2D eigenvalue weighted by molar-refractivity contribution is 6.30. The van der Waals surface area contributed by atoms with Gasteiger partial charge in [-0.05, 0) is 31.9 Å². The number of aromatic nitrogens is 1. The summed E-state index contributed by atoms with van der Waals surface area (Å²) in [6, 6.07) is 3.27. The number of piperidine rings is 1. The summed E-state index contributed by atoms with van der Waals surface area (Å²) in [7, 11) is 0. The molecule has 2 aliphatic heterocycles. The third-order valence-corrected chi connectivity index (χ3v) is 4.49. The van der Waals surface area contributed by atoms with E-state index in [0.29, 0.717) is 30.5 Å². The number of carbonyl (C=O) groups is 1. The number of hydrogen-bond acceptors (Lipinski definition) is 4. The van der Waals surface area contributed by atoms with Crippen LogP contribution in [-0.2, 0) is 9.47 Å². The van der Waals surface area contributed by atoms with Crippen LogP contribution in [0.2, 0.25) is 5.02 Å². The number of likely N-dealkylation sites (tertiary alicyclic amines) is 1. The molecule has 3 rings (SSSR count). The smallest absolute Gasteiger partial charge is 0.272 e. The zero-order valence-corrected chi connectivity index (χ0v) is 12.8. The molecule has 21 heavy (non-hydrogen) atoms. The maximum absolute atomic E-state index is 12.5. The van der Waals surface area contributed by atoms with Crippen molar-refractivity contribution in [3.05, 3.63) is 29.0 Å². The lowest BCUT2D eigenvalue weighted by Gasteiger charge is -2.39. The topological polar surface area (TPSA) is 51.7 Å². The molecule has 0 bridgehead atoms. The van der Waals surface area contributed by atoms with E-state index in [1.165, 1.54) is 0 Å². The SMILES string of the molecule is CC1([C@@H]2CCCN(C(=O)c3cc(Cl)ccn3)C2)OCCO1. The van der Waals surface area contributed by atoms with Crippen molar-refractivity contribution in [2.75, 3.05) is 26.3 Å². The van der Waals surface area contributed by atoms with E-state index in [1.807, 2.05) is 11.8 Å². The molecule has 0 N–H and O–H groups in total. The molecular formula is C15H19ClN2O3. The van der Waals surface area contributed by atoms with Gasteiger partial charge in [-0.2, -0.15) is 0 Å². The summed E-state index contributed by atoms with van der Waals surface area (Å²) in [6.07, 6.45) is 3.50. The van der Waals surface area contributed by atoms with E-state index in [0.717, 1.165) is 19.4 Å². The van der Waals surface area contributed by atoms with Crippen LogP contribution in [0.25, 0.3) is 0 Å². The lowest BCUT2D eigenvalue weighted by molar-refractivity contribution is -0.189. The van der Waals surface area contributed by atoms with E-state index in [2.05, 4.69) is 4.98 Å². The van der Waals surface area contributed by atoms with Crippen LogP contribution < -0.4 is 0 Å². The van der Waals surface area contributed by atoms with Crippen LogP contribution in [0.1, 0.15) is 30.3 Å². The van der Waals surface area contributed by atoms with Gasteiger partial charge in [-0.3, -0.25) is 9.78 Å². The normalized spacial score (nSPS) is 25.0. The molecular weight excluding hydrogens is 292 g/mol. The first kappa shape index (κ1) is 14.8. The first-order chi connectivity index (χ1) is 10.1. The first-order valence-electron chi connectivity index (χ1n) is 7.27. The van der Waals surface area contributed by atoms with Crippen molar-refractivity contribution in [2.24, 2.45) is 5.92 Å². The van der Waals surface area contributed by atoms with E-state index in [-0.39, 0.29) is 11.8 Å². The van der Waals surface area contributed by atoms with E-state index in [1.54, 1.807) is 18.3 Å². The molecule has 0 saturated carbocycles. The number of hydrogen-bond donors (Lipinski definition) is 0. The predicted molar refractivity (Wildman–Crippen MR) is 78.2 cm³/mol. The molecule has 0 aromatic carbocycles. The van der Waals surface area contributed by atoms with Crippen LogP contribution in [0.5, 0.6) is 0 Å². The Balaban J connectivity index is 1.72. The van der Waals surface area contributed by atoms with Gasteiger partial charge in [0, 0.05) is 30.2 Å². The Bertz CT molecular complexity index is 531. The lowest BCUT2D eigenvalue weighted by Crippen LogP contribution is -2.48. The number of nitrogens with zero attached hydrogens (tertiary/aromatic N) is 2. The Hall–Kier alpha value is -1.17. The van der Waals surface area contributed by atoms with Gasteiger partial charge in [0.15, 0.2) is 5.79 Å². The van der Waals surface area contributed by atoms with E-state index < -0.39 is 5.79 Å². The van der Waals surface area contributed by atoms with Crippen molar-refractivity contribution in [1.82, 2.24) is 9.88 Å². The summed E-state index contributed by atoms with van der Waals surface area (Å²) < 4.78 is 11.5. The summed E-state index contributed by atoms with van der Waals surface area (Å²) >= 11 is 5.93. The van der Waals surface area contributed by atoms with E-state index in [9.17, 15) is 4.79 Å². The molecule has 0 unspecified atom stereocenters. The Morgan fingerprint density at radius 2 is 2.24 bits per heavy atom. The average molecular weight is 311 g/mol. The van der Waals surface area contributed by atoms with Gasteiger partial charge in [0.05, 0.1) is 13.2 Å². The molecule has 1 atom stereocenters. The van der Waals surface area contributed by atoms with Gasteiger partial charge < -0.3 is 14.4 Å². The second-order valence-corrected chi connectivity index (χ2v) is 6.10. The van der Waals surface area contributed by atoms with Crippen molar-refractivity contribution in [3.8, 4) is 0 Å². The maximum atomic E-state index is 12.5. The van der Waals surface area contributed by atoms with Gasteiger partial charge in [0.25, 0.3) is 5.91 Å². The zero-order chi connectivity index (χ0) is 14.9. The first-order valence-corrected chi connectivity index (χ1v) is 7.65. The van der Waals surface area contributed by atoms with Crippen LogP contribution in [0.15, 0.2) is 18.3 Å². The van der Waals surface area contributed by atoms with Gasteiger partial charge in [-0.15, -0.1) is 0 Å². The molecule has 5 nitrogen and oxygen atoms in total. The van der Waals surface area contributed by atoms with Crippen molar-refractivity contribution in [2.45, 2.75) is 25.6 Å². The number of halogens is 1. The molecule has 0 radical (unpaired) electrons. The molecule has 0 spiro atoms. The van der Waals surface area contributed by atoms with Crippen LogP contribution >= 0.6 is 11.6 Å². The summed E-state index contributed by atoms with van der Waals surface area (Å²) in [6.45, 7) is 4.58. The second-order valence-electron chi connectivity index (χ2n) is 5.66. The lowest BCUT2D eigenvalue weighted by atomic mass is 9.90. The van der Waals surface area contributed by atoms with Crippen molar-refractivity contribution in [3.63, 3.8) is 0 Å². The van der Waals surface area contributed by atoms with Crippen LogP contribution in [0.3, 0.4) is 0 Å². The third-order valence-electron chi connectivity index (χ3n) is 4.25. The Kier molecular flexibility index (Phi) is 4.15. The number of ether oxygens (including phenoxy) is 2. The number of carbonyl (C=O) groups excluding carboxylic acids is 1. The number of rotatable bonds is 2. The largest absolute Gasteiger partial charge is 0.347 e. The molecule has 1 amide bonds. The summed E-state index contributed by atoms with van der Waals surface area (Å²) in [5.41, 5.74) is 0.390. The quantitative estimate of drug-likeness (QED) is 0.841. The van der Waals surface area contributed by atoms with Gasteiger partial charge >= 0.3 is 0 Å². The zero-order valence-electron chi connectivity index (χ0n) is 12.0. The maximum Gasteiger partial charge on any atom is 0.272 e. The van der Waals surface area contributed by atoms with Gasteiger partial charge in [-0.1, -0.05) is 11.6 Å². The molecule has 2 aliphatic rings. The standard InChI is InChI=1S/C15H19ClN2O3/c1-15(20-7-8-21-15)11-3-2-6-18(10-11)14(19)13-9-12(16)4-5-17-13/h4-5,9,11H,2-3,6-8,10H2,1H3/t11-/m1/s1. The highest BCUT2D eigenvalue weighted by Crippen LogP contribution is 2.34. The second kappa shape index (κ2) is 5.91. The van der Waals surface area contributed by atoms with Crippen molar-refractivity contribution >= 4 is 17.5 Å². The fourth-order valence-corrected chi connectivity index (χ4v) is 3.20. The van der Waals surface area contributed by atoms with Gasteiger partial charge in [0.1, 0.15) is 5.69 Å². The molecule has 2 fully saturated rings. The molecule has 6 heteroatoms. The summed E-state index contributed by atoms with van der Waals surface area (Å²) in [5.74, 6) is -0.457. The summed E-state index contributed by atoms with van der Waals surface area (Å²) in [5, 5.41) is 0.524.